The van der Waals surface area contributed by atoms with Crippen LogP contribution in [0, 0.1) is 5.92 Å². The number of likely N-dealkylation sites (tertiary alicyclic amines) is 1. The molecule has 18 heavy (non-hydrogen) atoms. The highest BCUT2D eigenvalue weighted by atomic mass is 16.6. The molecule has 1 aliphatic rings. The van der Waals surface area contributed by atoms with Gasteiger partial charge in [-0.25, -0.2) is 4.79 Å². The quantitative estimate of drug-likeness (QED) is 0.739. The molecule has 0 N–H and O–H groups in total. The van der Waals surface area contributed by atoms with E-state index < -0.39 is 5.60 Å². The molecule has 1 aliphatic heterocycles. The molecule has 1 saturated heterocycles. The standard InChI is InChI=1S/C15H29NO2/c1-7-12-9-11(3)10-13(8-2)16(12)14(17)18-15(4,5)6/h11-13H,7-10H2,1-6H3/t11?,12-,13+. The van der Waals surface area contributed by atoms with Crippen molar-refractivity contribution in [2.75, 3.05) is 0 Å². The van der Waals surface area contributed by atoms with E-state index in [1.54, 1.807) is 0 Å². The molecule has 3 nitrogen and oxygen atoms in total. The van der Waals surface area contributed by atoms with Crippen molar-refractivity contribution in [3.8, 4) is 0 Å². The average molecular weight is 255 g/mol. The first-order valence-corrected chi connectivity index (χ1v) is 7.29. The SMILES string of the molecule is CC[C@@H]1CC(C)C[C@H](CC)N1C(=O)OC(C)(C)C. The molecular weight excluding hydrogens is 226 g/mol. The van der Waals surface area contributed by atoms with Crippen molar-refractivity contribution >= 4 is 6.09 Å². The minimum atomic E-state index is -0.406. The third-order valence-electron chi connectivity index (χ3n) is 3.68. The zero-order chi connectivity index (χ0) is 13.9. The van der Waals surface area contributed by atoms with Crippen LogP contribution in [0.25, 0.3) is 0 Å². The first-order chi connectivity index (χ1) is 8.28. The molecule has 0 spiro atoms. The second-order valence-corrected chi connectivity index (χ2v) is 6.59. The predicted molar refractivity (Wildman–Crippen MR) is 74.6 cm³/mol. The number of piperidine rings is 1. The lowest BCUT2D eigenvalue weighted by atomic mass is 9.85. The Morgan fingerprint density at radius 1 is 1.17 bits per heavy atom. The van der Waals surface area contributed by atoms with Crippen LogP contribution in [0.1, 0.15) is 67.2 Å². The molecule has 0 radical (unpaired) electrons. The molecule has 1 rings (SSSR count). The second-order valence-electron chi connectivity index (χ2n) is 6.59. The lowest BCUT2D eigenvalue weighted by Gasteiger charge is -2.44. The van der Waals surface area contributed by atoms with E-state index in [1.807, 2.05) is 25.7 Å². The Kier molecular flexibility index (Phi) is 5.06. The van der Waals surface area contributed by atoms with E-state index in [4.69, 9.17) is 4.74 Å². The number of nitrogens with zero attached hydrogens (tertiary/aromatic N) is 1. The largest absolute Gasteiger partial charge is 0.444 e. The third-order valence-corrected chi connectivity index (χ3v) is 3.68. The first-order valence-electron chi connectivity index (χ1n) is 7.29. The van der Waals surface area contributed by atoms with Gasteiger partial charge in [0.1, 0.15) is 5.60 Å². The van der Waals surface area contributed by atoms with Crippen molar-refractivity contribution in [2.45, 2.75) is 84.9 Å². The summed E-state index contributed by atoms with van der Waals surface area (Å²) in [4.78, 5) is 14.4. The van der Waals surface area contributed by atoms with Gasteiger partial charge >= 0.3 is 6.09 Å². The number of ether oxygens (including phenoxy) is 1. The molecule has 3 atom stereocenters. The highest BCUT2D eigenvalue weighted by molar-refractivity contribution is 5.69. The van der Waals surface area contributed by atoms with E-state index in [9.17, 15) is 4.79 Å². The van der Waals surface area contributed by atoms with Gasteiger partial charge < -0.3 is 9.64 Å². The molecule has 1 amide bonds. The Labute approximate surface area is 112 Å². The number of carbonyl (C=O) groups is 1. The highest BCUT2D eigenvalue weighted by Crippen LogP contribution is 2.32. The van der Waals surface area contributed by atoms with Gasteiger partial charge in [0.25, 0.3) is 0 Å². The van der Waals surface area contributed by atoms with E-state index in [0.717, 1.165) is 25.7 Å². The molecule has 0 saturated carbocycles. The summed E-state index contributed by atoms with van der Waals surface area (Å²) in [5.41, 5.74) is -0.406. The molecule has 0 bridgehead atoms. The fourth-order valence-electron chi connectivity index (χ4n) is 2.89. The Balaban J connectivity index is 2.82. The van der Waals surface area contributed by atoms with Crippen LogP contribution in [0.5, 0.6) is 0 Å². The Bertz CT molecular complexity index is 269. The van der Waals surface area contributed by atoms with Gasteiger partial charge in [-0.05, 0) is 52.4 Å². The summed E-state index contributed by atoms with van der Waals surface area (Å²) >= 11 is 0. The van der Waals surface area contributed by atoms with Crippen molar-refractivity contribution in [1.29, 1.82) is 0 Å². The van der Waals surface area contributed by atoms with Gasteiger partial charge in [-0.15, -0.1) is 0 Å². The van der Waals surface area contributed by atoms with Crippen molar-refractivity contribution < 1.29 is 9.53 Å². The zero-order valence-corrected chi connectivity index (χ0v) is 12.8. The topological polar surface area (TPSA) is 29.5 Å². The lowest BCUT2D eigenvalue weighted by molar-refractivity contribution is -0.0134. The number of amides is 1. The normalized spacial score (nSPS) is 29.2. The van der Waals surface area contributed by atoms with Gasteiger partial charge in [0, 0.05) is 12.1 Å². The van der Waals surface area contributed by atoms with Crippen LogP contribution in [0.3, 0.4) is 0 Å². The summed E-state index contributed by atoms with van der Waals surface area (Å²) in [6.45, 7) is 12.4. The molecular formula is C15H29NO2. The van der Waals surface area contributed by atoms with Crippen molar-refractivity contribution in [3.63, 3.8) is 0 Å². The van der Waals surface area contributed by atoms with Crippen LogP contribution in [-0.2, 0) is 4.74 Å². The monoisotopic (exact) mass is 255 g/mol. The molecule has 0 aromatic carbocycles. The molecule has 1 unspecified atom stereocenters. The Morgan fingerprint density at radius 3 is 1.94 bits per heavy atom. The maximum Gasteiger partial charge on any atom is 0.410 e. The molecule has 106 valence electrons. The van der Waals surface area contributed by atoms with Gasteiger partial charge in [0.15, 0.2) is 0 Å². The molecule has 0 aromatic rings. The summed E-state index contributed by atoms with van der Waals surface area (Å²) in [6.07, 6.45) is 4.10. The van der Waals surface area contributed by atoms with Gasteiger partial charge in [-0.3, -0.25) is 0 Å². The number of rotatable bonds is 2. The van der Waals surface area contributed by atoms with Crippen molar-refractivity contribution in [3.05, 3.63) is 0 Å². The molecule has 1 fully saturated rings. The minimum absolute atomic E-state index is 0.131. The lowest BCUT2D eigenvalue weighted by Crippen LogP contribution is -2.52. The fourth-order valence-corrected chi connectivity index (χ4v) is 2.89. The maximum absolute atomic E-state index is 12.4. The van der Waals surface area contributed by atoms with E-state index >= 15 is 0 Å². The second kappa shape index (κ2) is 5.94. The third kappa shape index (κ3) is 3.89. The average Bonchev–Trinajstić information content (AvgIpc) is 2.24. The summed E-state index contributed by atoms with van der Waals surface area (Å²) in [7, 11) is 0. The molecule has 3 heteroatoms. The van der Waals surface area contributed by atoms with Crippen LogP contribution < -0.4 is 0 Å². The fraction of sp³-hybridized carbons (Fsp3) is 0.933. The molecule has 0 aromatic heterocycles. The van der Waals surface area contributed by atoms with Crippen LogP contribution >= 0.6 is 0 Å². The van der Waals surface area contributed by atoms with E-state index in [1.165, 1.54) is 0 Å². The zero-order valence-electron chi connectivity index (χ0n) is 12.8. The summed E-state index contributed by atoms with van der Waals surface area (Å²) in [5.74, 6) is 0.707. The van der Waals surface area contributed by atoms with Crippen LogP contribution in [0.2, 0.25) is 0 Å². The van der Waals surface area contributed by atoms with Gasteiger partial charge in [-0.1, -0.05) is 20.8 Å². The maximum atomic E-state index is 12.4. The summed E-state index contributed by atoms with van der Waals surface area (Å²) < 4.78 is 5.56. The Hall–Kier alpha value is -0.730. The molecule has 0 aliphatic carbocycles. The number of hydrogen-bond acceptors (Lipinski definition) is 2. The first kappa shape index (κ1) is 15.3. The van der Waals surface area contributed by atoms with Crippen molar-refractivity contribution in [2.24, 2.45) is 5.92 Å². The van der Waals surface area contributed by atoms with Crippen molar-refractivity contribution in [1.82, 2.24) is 4.90 Å². The smallest absolute Gasteiger partial charge is 0.410 e. The van der Waals surface area contributed by atoms with Crippen LogP contribution in [0.4, 0.5) is 4.79 Å². The Morgan fingerprint density at radius 2 is 1.61 bits per heavy atom. The van der Waals surface area contributed by atoms with E-state index in [2.05, 4.69) is 20.8 Å². The van der Waals surface area contributed by atoms with E-state index in [0.29, 0.717) is 18.0 Å². The summed E-state index contributed by atoms with van der Waals surface area (Å²) in [5, 5.41) is 0. The van der Waals surface area contributed by atoms with Gasteiger partial charge in [0.05, 0.1) is 0 Å². The van der Waals surface area contributed by atoms with E-state index in [-0.39, 0.29) is 6.09 Å². The highest BCUT2D eigenvalue weighted by Gasteiger charge is 2.37. The van der Waals surface area contributed by atoms with Crippen LogP contribution in [0.15, 0.2) is 0 Å². The minimum Gasteiger partial charge on any atom is -0.444 e. The van der Waals surface area contributed by atoms with Crippen LogP contribution in [-0.4, -0.2) is 28.7 Å². The number of carbonyl (C=O) groups excluding carboxylic acids is 1. The summed E-state index contributed by atoms with van der Waals surface area (Å²) in [6, 6.07) is 0.682. The van der Waals surface area contributed by atoms with Gasteiger partial charge in [-0.2, -0.15) is 0 Å². The predicted octanol–water partition coefficient (Wildman–Crippen LogP) is 4.21. The molecule has 1 heterocycles. The number of hydrogen-bond donors (Lipinski definition) is 0. The van der Waals surface area contributed by atoms with Gasteiger partial charge in [0.2, 0.25) is 0 Å².